The summed E-state index contributed by atoms with van der Waals surface area (Å²) >= 11 is 0. The van der Waals surface area contributed by atoms with Crippen molar-refractivity contribution >= 4 is 29.9 Å². The Kier molecular flexibility index (Phi) is 12.3. The molecule has 0 aromatic heterocycles. The first kappa shape index (κ1) is 25.8. The van der Waals surface area contributed by atoms with Crippen LogP contribution in [0.2, 0.25) is 0 Å². The lowest BCUT2D eigenvalue weighted by atomic mass is 10.2. The summed E-state index contributed by atoms with van der Waals surface area (Å²) in [6.07, 6.45) is -2.44. The maximum Gasteiger partial charge on any atom is 0.416 e. The SMILES string of the molecule is CCNC(=NCCCOC1CCOC1)NCCOc1cccc(C(F)(F)F)c1.I. The van der Waals surface area contributed by atoms with Crippen LogP contribution in [0.4, 0.5) is 13.2 Å². The zero-order chi connectivity index (χ0) is 20.2. The molecule has 1 aliphatic rings. The highest BCUT2D eigenvalue weighted by Gasteiger charge is 2.30. The lowest BCUT2D eigenvalue weighted by Crippen LogP contribution is -2.39. The van der Waals surface area contributed by atoms with E-state index in [1.807, 2.05) is 6.92 Å². The standard InChI is InChI=1S/C19H28F3N3O3.HI/c1-2-23-18(24-8-4-10-27-17-7-11-26-14-17)25-9-12-28-16-6-3-5-15(13-16)19(20,21)22;/h3,5-6,13,17H,2,4,7-12,14H2,1H3,(H2,23,24,25);1H. The minimum absolute atomic E-state index is 0. The van der Waals surface area contributed by atoms with Crippen molar-refractivity contribution < 1.29 is 27.4 Å². The third kappa shape index (κ3) is 10.4. The molecule has 1 aliphatic heterocycles. The topological polar surface area (TPSA) is 64.1 Å². The number of nitrogens with one attached hydrogen (secondary N) is 2. The molecule has 2 N–H and O–H groups in total. The Morgan fingerprint density at radius 2 is 2.10 bits per heavy atom. The van der Waals surface area contributed by atoms with Gasteiger partial charge >= 0.3 is 6.18 Å². The summed E-state index contributed by atoms with van der Waals surface area (Å²) in [5.41, 5.74) is -0.723. The fourth-order valence-electron chi connectivity index (χ4n) is 2.59. The predicted octanol–water partition coefficient (Wildman–Crippen LogP) is 3.45. The molecule has 1 aromatic rings. The van der Waals surface area contributed by atoms with Crippen LogP contribution in [0.1, 0.15) is 25.3 Å². The monoisotopic (exact) mass is 531 g/mol. The molecule has 1 fully saturated rings. The summed E-state index contributed by atoms with van der Waals surface area (Å²) < 4.78 is 54.4. The highest BCUT2D eigenvalue weighted by Crippen LogP contribution is 2.31. The van der Waals surface area contributed by atoms with E-state index in [9.17, 15) is 13.2 Å². The number of halogens is 4. The number of hydrogen-bond donors (Lipinski definition) is 2. The number of aliphatic imine (C=N–C) groups is 1. The van der Waals surface area contributed by atoms with Crippen LogP contribution >= 0.6 is 24.0 Å². The van der Waals surface area contributed by atoms with Crippen LogP contribution in [0, 0.1) is 0 Å². The van der Waals surface area contributed by atoms with Gasteiger partial charge in [-0.1, -0.05) is 6.07 Å². The van der Waals surface area contributed by atoms with E-state index in [0.717, 1.165) is 31.6 Å². The highest BCUT2D eigenvalue weighted by molar-refractivity contribution is 14.0. The zero-order valence-corrected chi connectivity index (χ0v) is 18.8. The first-order valence-corrected chi connectivity index (χ1v) is 9.50. The third-order valence-electron chi connectivity index (χ3n) is 3.98. The smallest absolute Gasteiger partial charge is 0.416 e. The minimum atomic E-state index is -4.38. The molecule has 0 saturated carbocycles. The molecule has 0 bridgehead atoms. The first-order valence-electron chi connectivity index (χ1n) is 9.50. The Labute approximate surface area is 186 Å². The molecule has 1 saturated heterocycles. The van der Waals surface area contributed by atoms with Gasteiger partial charge in [0, 0.05) is 26.3 Å². The molecule has 1 atom stereocenters. The molecular weight excluding hydrogens is 502 g/mol. The summed E-state index contributed by atoms with van der Waals surface area (Å²) in [5, 5.41) is 6.21. The molecule has 6 nitrogen and oxygen atoms in total. The van der Waals surface area contributed by atoms with Crippen molar-refractivity contribution in [2.45, 2.75) is 32.0 Å². The van der Waals surface area contributed by atoms with Crippen LogP contribution < -0.4 is 15.4 Å². The van der Waals surface area contributed by atoms with Gasteiger partial charge in [-0.3, -0.25) is 4.99 Å². The second-order valence-electron chi connectivity index (χ2n) is 6.27. The fraction of sp³-hybridized carbons (Fsp3) is 0.632. The van der Waals surface area contributed by atoms with Gasteiger partial charge in [0.15, 0.2) is 5.96 Å². The second kappa shape index (κ2) is 13.9. The molecule has 10 heteroatoms. The minimum Gasteiger partial charge on any atom is -0.492 e. The van der Waals surface area contributed by atoms with E-state index in [2.05, 4.69) is 15.6 Å². The van der Waals surface area contributed by atoms with Gasteiger partial charge in [-0.25, -0.2) is 0 Å². The molecule has 0 amide bonds. The highest BCUT2D eigenvalue weighted by atomic mass is 127. The Bertz CT molecular complexity index is 612. The van der Waals surface area contributed by atoms with Crippen LogP contribution in [0.3, 0.4) is 0 Å². The van der Waals surface area contributed by atoms with E-state index >= 15 is 0 Å². The molecule has 29 heavy (non-hydrogen) atoms. The Morgan fingerprint density at radius 3 is 2.79 bits per heavy atom. The first-order chi connectivity index (χ1) is 13.5. The lowest BCUT2D eigenvalue weighted by molar-refractivity contribution is -0.137. The van der Waals surface area contributed by atoms with Crippen molar-refractivity contribution in [2.24, 2.45) is 4.99 Å². The van der Waals surface area contributed by atoms with Gasteiger partial charge in [0.05, 0.1) is 24.8 Å². The Morgan fingerprint density at radius 1 is 1.28 bits per heavy atom. The molecular formula is C19H29F3IN3O3. The van der Waals surface area contributed by atoms with Gasteiger partial charge in [-0.05, 0) is 38.0 Å². The van der Waals surface area contributed by atoms with Crippen LogP contribution in [-0.4, -0.2) is 58.1 Å². The lowest BCUT2D eigenvalue weighted by Gasteiger charge is -2.13. The van der Waals surface area contributed by atoms with E-state index in [1.165, 1.54) is 12.1 Å². The number of nitrogens with zero attached hydrogens (tertiary/aromatic N) is 1. The van der Waals surface area contributed by atoms with Crippen molar-refractivity contribution in [1.29, 1.82) is 0 Å². The average molecular weight is 531 g/mol. The van der Waals surface area contributed by atoms with Crippen molar-refractivity contribution in [3.63, 3.8) is 0 Å². The van der Waals surface area contributed by atoms with Gasteiger partial charge in [0.2, 0.25) is 0 Å². The van der Waals surface area contributed by atoms with Crippen LogP contribution in [-0.2, 0) is 15.7 Å². The number of ether oxygens (including phenoxy) is 3. The zero-order valence-electron chi connectivity index (χ0n) is 16.5. The van der Waals surface area contributed by atoms with Gasteiger partial charge in [0.1, 0.15) is 12.4 Å². The predicted molar refractivity (Wildman–Crippen MR) is 116 cm³/mol. The van der Waals surface area contributed by atoms with E-state index in [0.29, 0.717) is 38.8 Å². The van der Waals surface area contributed by atoms with Gasteiger partial charge in [0.25, 0.3) is 0 Å². The summed E-state index contributed by atoms with van der Waals surface area (Å²) in [7, 11) is 0. The summed E-state index contributed by atoms with van der Waals surface area (Å²) in [6, 6.07) is 4.85. The molecule has 1 unspecified atom stereocenters. The molecule has 166 valence electrons. The number of benzene rings is 1. The van der Waals surface area contributed by atoms with Gasteiger partial charge in [-0.15, -0.1) is 24.0 Å². The summed E-state index contributed by atoms with van der Waals surface area (Å²) in [4.78, 5) is 4.45. The summed E-state index contributed by atoms with van der Waals surface area (Å²) in [5.74, 6) is 0.825. The average Bonchev–Trinajstić information content (AvgIpc) is 3.18. The van der Waals surface area contributed by atoms with Crippen LogP contribution in [0.25, 0.3) is 0 Å². The van der Waals surface area contributed by atoms with E-state index in [-0.39, 0.29) is 42.4 Å². The number of alkyl halides is 3. The Balaban J connectivity index is 0.00000420. The van der Waals surface area contributed by atoms with E-state index in [4.69, 9.17) is 14.2 Å². The third-order valence-corrected chi connectivity index (χ3v) is 3.98. The van der Waals surface area contributed by atoms with Crippen LogP contribution in [0.15, 0.2) is 29.3 Å². The fourth-order valence-corrected chi connectivity index (χ4v) is 2.59. The number of hydrogen-bond acceptors (Lipinski definition) is 4. The van der Waals surface area contributed by atoms with Crippen molar-refractivity contribution in [3.05, 3.63) is 29.8 Å². The number of rotatable bonds is 10. The largest absolute Gasteiger partial charge is 0.492 e. The van der Waals surface area contributed by atoms with E-state index < -0.39 is 11.7 Å². The maximum absolute atomic E-state index is 12.7. The normalized spacial score (nSPS) is 17.0. The molecule has 0 radical (unpaired) electrons. The molecule has 0 spiro atoms. The second-order valence-corrected chi connectivity index (χ2v) is 6.27. The van der Waals surface area contributed by atoms with Crippen molar-refractivity contribution in [3.8, 4) is 5.75 Å². The van der Waals surface area contributed by atoms with Gasteiger partial charge in [-0.2, -0.15) is 13.2 Å². The summed E-state index contributed by atoms with van der Waals surface area (Å²) in [6.45, 7) is 5.97. The molecule has 0 aliphatic carbocycles. The van der Waals surface area contributed by atoms with Crippen molar-refractivity contribution in [2.75, 3.05) is 46.1 Å². The number of guanidine groups is 1. The molecule has 1 heterocycles. The van der Waals surface area contributed by atoms with E-state index in [1.54, 1.807) is 0 Å². The molecule has 2 rings (SSSR count). The maximum atomic E-state index is 12.7. The molecule has 1 aromatic carbocycles. The Hall–Kier alpha value is -1.27. The van der Waals surface area contributed by atoms with Crippen molar-refractivity contribution in [1.82, 2.24) is 10.6 Å². The van der Waals surface area contributed by atoms with Crippen LogP contribution in [0.5, 0.6) is 5.75 Å². The quantitative estimate of drug-likeness (QED) is 0.210. The van der Waals surface area contributed by atoms with Gasteiger partial charge < -0.3 is 24.8 Å².